The van der Waals surface area contributed by atoms with Crippen molar-refractivity contribution in [3.05, 3.63) is 25.8 Å². The fraction of sp³-hybridized carbons (Fsp3) is 0.417. The number of aromatic nitrogens is 4. The monoisotopic (exact) mass is 376 g/mol. The normalized spacial score (nSPS) is 11.0. The quantitative estimate of drug-likeness (QED) is 0.596. The van der Waals surface area contributed by atoms with E-state index in [1.807, 2.05) is 25.6 Å². The summed E-state index contributed by atoms with van der Waals surface area (Å²) in [5.41, 5.74) is 3.93. The molecule has 0 bridgehead atoms. The van der Waals surface area contributed by atoms with E-state index >= 15 is 0 Å². The largest absolute Gasteiger partial charge is 0.272 e. The molecule has 2 rings (SSSR count). The Balaban J connectivity index is 2.68. The highest BCUT2D eigenvalue weighted by Crippen LogP contribution is 2.27. The molecule has 0 fully saturated rings. The van der Waals surface area contributed by atoms with E-state index in [4.69, 9.17) is 11.6 Å². The Morgan fingerprint density at radius 2 is 1.94 bits per heavy atom. The average Bonchev–Trinajstić information content (AvgIpc) is 2.57. The van der Waals surface area contributed by atoms with Crippen LogP contribution in [0.2, 0.25) is 5.15 Å². The molecule has 0 spiro atoms. The zero-order valence-electron chi connectivity index (χ0n) is 10.8. The molecule has 4 nitrogen and oxygen atoms in total. The van der Waals surface area contributed by atoms with Gasteiger partial charge in [-0.15, -0.1) is 0 Å². The second-order valence-electron chi connectivity index (χ2n) is 4.12. The van der Waals surface area contributed by atoms with E-state index in [2.05, 4.69) is 44.6 Å². The first-order valence-corrected chi connectivity index (χ1v) is 7.13. The average molecular weight is 377 g/mol. The van der Waals surface area contributed by atoms with Crippen LogP contribution in [0.1, 0.15) is 24.0 Å². The molecule has 2 aromatic rings. The van der Waals surface area contributed by atoms with Crippen molar-refractivity contribution in [1.82, 2.24) is 19.7 Å². The van der Waals surface area contributed by atoms with Gasteiger partial charge in [0.25, 0.3) is 0 Å². The molecule has 0 aliphatic carbocycles. The summed E-state index contributed by atoms with van der Waals surface area (Å²) in [6.45, 7) is 6.03. The molecule has 18 heavy (non-hydrogen) atoms. The lowest BCUT2D eigenvalue weighted by Gasteiger charge is -2.07. The molecule has 0 saturated heterocycles. The molecule has 2 aromatic heterocycles. The second kappa shape index (κ2) is 5.13. The van der Waals surface area contributed by atoms with Crippen LogP contribution in [0, 0.1) is 17.4 Å². The molecule has 0 aromatic carbocycles. The predicted molar refractivity (Wildman–Crippen MR) is 80.8 cm³/mol. The van der Waals surface area contributed by atoms with E-state index in [9.17, 15) is 0 Å². The van der Waals surface area contributed by atoms with Crippen molar-refractivity contribution in [2.75, 3.05) is 0 Å². The van der Waals surface area contributed by atoms with Gasteiger partial charge in [-0.05, 0) is 42.9 Å². The van der Waals surface area contributed by atoms with Crippen molar-refractivity contribution in [1.29, 1.82) is 0 Å². The molecule has 2 heterocycles. The van der Waals surface area contributed by atoms with Crippen LogP contribution in [0.4, 0.5) is 0 Å². The summed E-state index contributed by atoms with van der Waals surface area (Å²) in [5.74, 6) is 0.667. The van der Waals surface area contributed by atoms with Crippen molar-refractivity contribution >= 4 is 34.2 Å². The highest BCUT2D eigenvalue weighted by atomic mass is 127. The number of aryl methyl sites for hydroxylation is 3. The number of nitrogens with zero attached hydrogens (tertiary/aromatic N) is 4. The van der Waals surface area contributed by atoms with Crippen molar-refractivity contribution in [2.45, 2.75) is 27.2 Å². The lowest BCUT2D eigenvalue weighted by molar-refractivity contribution is 0.731. The summed E-state index contributed by atoms with van der Waals surface area (Å²) in [6.07, 6.45) is 0.839. The Kier molecular flexibility index (Phi) is 3.91. The molecule has 0 aliphatic rings. The molecule has 96 valence electrons. The van der Waals surface area contributed by atoms with E-state index in [1.54, 1.807) is 0 Å². The van der Waals surface area contributed by atoms with Gasteiger partial charge < -0.3 is 0 Å². The van der Waals surface area contributed by atoms with Crippen molar-refractivity contribution in [3.8, 4) is 11.4 Å². The molecule has 0 amide bonds. The maximum atomic E-state index is 6.17. The van der Waals surface area contributed by atoms with E-state index < -0.39 is 0 Å². The Morgan fingerprint density at radius 1 is 1.28 bits per heavy atom. The van der Waals surface area contributed by atoms with Gasteiger partial charge in [-0.25, -0.2) is 9.97 Å². The van der Waals surface area contributed by atoms with Crippen LogP contribution in [0.3, 0.4) is 0 Å². The molecule has 0 atom stereocenters. The molecular formula is C12H14ClIN4. The molecule has 6 heteroatoms. The Labute approximate surface area is 125 Å². The Hall–Kier alpha value is -0.690. The van der Waals surface area contributed by atoms with Gasteiger partial charge in [0.15, 0.2) is 5.82 Å². The van der Waals surface area contributed by atoms with Crippen molar-refractivity contribution < 1.29 is 0 Å². The molecular weight excluding hydrogens is 363 g/mol. The van der Waals surface area contributed by atoms with E-state index in [-0.39, 0.29) is 0 Å². The van der Waals surface area contributed by atoms with Gasteiger partial charge in [0.2, 0.25) is 0 Å². The van der Waals surface area contributed by atoms with Crippen LogP contribution >= 0.6 is 34.2 Å². The summed E-state index contributed by atoms with van der Waals surface area (Å²) in [7, 11) is 1.92. The van der Waals surface area contributed by atoms with Crippen LogP contribution in [-0.2, 0) is 13.5 Å². The summed E-state index contributed by atoms with van der Waals surface area (Å²) < 4.78 is 2.77. The Morgan fingerprint density at radius 3 is 2.44 bits per heavy atom. The maximum absolute atomic E-state index is 6.17. The fourth-order valence-electron chi connectivity index (χ4n) is 1.91. The van der Waals surface area contributed by atoms with Crippen LogP contribution in [0.5, 0.6) is 0 Å². The third kappa shape index (κ3) is 2.25. The standard InChI is InChI=1S/C12H14ClIN4/c1-5-8-10(14)11(13)16-12(15-8)9-6(2)17-18(4)7(9)3/h5H2,1-4H3. The van der Waals surface area contributed by atoms with Gasteiger partial charge in [-0.3, -0.25) is 4.68 Å². The van der Waals surface area contributed by atoms with Gasteiger partial charge in [-0.1, -0.05) is 18.5 Å². The minimum atomic E-state index is 0.514. The first-order valence-electron chi connectivity index (χ1n) is 5.68. The SMILES string of the molecule is CCc1nc(-c2c(C)nn(C)c2C)nc(Cl)c1I. The van der Waals surface area contributed by atoms with Crippen LogP contribution in [0.25, 0.3) is 11.4 Å². The van der Waals surface area contributed by atoms with Gasteiger partial charge >= 0.3 is 0 Å². The number of rotatable bonds is 2. The fourth-order valence-corrected chi connectivity index (χ4v) is 2.72. The highest BCUT2D eigenvalue weighted by Gasteiger charge is 2.17. The van der Waals surface area contributed by atoms with Crippen LogP contribution in [-0.4, -0.2) is 19.7 Å². The third-order valence-corrected chi connectivity index (χ3v) is 4.67. The zero-order valence-corrected chi connectivity index (χ0v) is 13.7. The molecule has 0 N–H and O–H groups in total. The molecule has 0 saturated carbocycles. The van der Waals surface area contributed by atoms with E-state index in [1.165, 1.54) is 0 Å². The van der Waals surface area contributed by atoms with E-state index in [0.29, 0.717) is 11.0 Å². The van der Waals surface area contributed by atoms with Crippen molar-refractivity contribution in [2.24, 2.45) is 7.05 Å². The molecule has 0 radical (unpaired) electrons. The van der Waals surface area contributed by atoms with Crippen molar-refractivity contribution in [3.63, 3.8) is 0 Å². The molecule has 0 aliphatic heterocycles. The highest BCUT2D eigenvalue weighted by molar-refractivity contribution is 14.1. The smallest absolute Gasteiger partial charge is 0.164 e. The zero-order chi connectivity index (χ0) is 13.4. The van der Waals surface area contributed by atoms with Crippen LogP contribution < -0.4 is 0 Å². The molecule has 0 unspecified atom stereocenters. The number of hydrogen-bond donors (Lipinski definition) is 0. The number of halogens is 2. The minimum Gasteiger partial charge on any atom is -0.272 e. The first kappa shape index (κ1) is 13.7. The summed E-state index contributed by atoms with van der Waals surface area (Å²) >= 11 is 8.36. The second-order valence-corrected chi connectivity index (χ2v) is 5.56. The minimum absolute atomic E-state index is 0.514. The first-order chi connectivity index (χ1) is 8.45. The van der Waals surface area contributed by atoms with E-state index in [0.717, 1.165) is 32.6 Å². The summed E-state index contributed by atoms with van der Waals surface area (Å²) in [4.78, 5) is 8.98. The summed E-state index contributed by atoms with van der Waals surface area (Å²) in [5, 5.41) is 4.90. The van der Waals surface area contributed by atoms with Crippen LogP contribution in [0.15, 0.2) is 0 Å². The number of hydrogen-bond acceptors (Lipinski definition) is 3. The van der Waals surface area contributed by atoms with Gasteiger partial charge in [0.05, 0.1) is 20.5 Å². The van der Waals surface area contributed by atoms with Gasteiger partial charge in [0, 0.05) is 12.7 Å². The predicted octanol–water partition coefficient (Wildman–Crippen LogP) is 3.31. The van der Waals surface area contributed by atoms with Gasteiger partial charge in [-0.2, -0.15) is 5.10 Å². The lowest BCUT2D eigenvalue weighted by atomic mass is 10.2. The third-order valence-electron chi connectivity index (χ3n) is 2.95. The topological polar surface area (TPSA) is 43.6 Å². The Bertz CT molecular complexity index is 607. The lowest BCUT2D eigenvalue weighted by Crippen LogP contribution is -2.01. The maximum Gasteiger partial charge on any atom is 0.164 e. The summed E-state index contributed by atoms with van der Waals surface area (Å²) in [6, 6.07) is 0. The van der Waals surface area contributed by atoms with Gasteiger partial charge in [0.1, 0.15) is 5.15 Å².